The highest BCUT2D eigenvalue weighted by molar-refractivity contribution is 5.46. The van der Waals surface area contributed by atoms with Crippen LogP contribution in [0.5, 0.6) is 0 Å². The molecule has 0 unspecified atom stereocenters. The van der Waals surface area contributed by atoms with E-state index in [2.05, 4.69) is 4.98 Å². The molecule has 0 atom stereocenters. The first-order chi connectivity index (χ1) is 7.53. The van der Waals surface area contributed by atoms with Gasteiger partial charge >= 0.3 is 6.18 Å². The molecule has 0 bridgehead atoms. The first-order valence-corrected chi connectivity index (χ1v) is 5.03. The zero-order chi connectivity index (χ0) is 11.4. The summed E-state index contributed by atoms with van der Waals surface area (Å²) in [4.78, 5) is 4.00. The Bertz CT molecular complexity index is 537. The SMILES string of the molecule is FC(F)(F)C1(c2ccn3ccnc3c2)CC1. The van der Waals surface area contributed by atoms with Gasteiger partial charge in [0.2, 0.25) is 0 Å². The van der Waals surface area contributed by atoms with E-state index in [1.54, 1.807) is 23.0 Å². The van der Waals surface area contributed by atoms with Crippen LogP contribution in [0.3, 0.4) is 0 Å². The molecule has 2 aromatic heterocycles. The number of halogens is 3. The molecule has 0 aliphatic heterocycles. The predicted octanol–water partition coefficient (Wildman–Crippen LogP) is 2.93. The number of nitrogens with zero attached hydrogens (tertiary/aromatic N) is 2. The second-order valence-electron chi connectivity index (χ2n) is 4.19. The third kappa shape index (κ3) is 1.17. The zero-order valence-corrected chi connectivity index (χ0v) is 8.33. The van der Waals surface area contributed by atoms with Gasteiger partial charge in [-0.2, -0.15) is 13.2 Å². The number of fused-ring (bicyclic) bond motifs is 1. The van der Waals surface area contributed by atoms with E-state index in [4.69, 9.17) is 0 Å². The molecule has 0 N–H and O–H groups in total. The van der Waals surface area contributed by atoms with Crippen molar-refractivity contribution in [2.75, 3.05) is 0 Å². The van der Waals surface area contributed by atoms with Crippen LogP contribution in [0.4, 0.5) is 13.2 Å². The fourth-order valence-electron chi connectivity index (χ4n) is 2.07. The molecule has 0 aromatic carbocycles. The Morgan fingerprint density at radius 2 is 2.00 bits per heavy atom. The average molecular weight is 226 g/mol. The number of rotatable bonds is 1. The van der Waals surface area contributed by atoms with Crippen LogP contribution in [0.2, 0.25) is 0 Å². The Hall–Kier alpha value is -1.52. The lowest BCUT2D eigenvalue weighted by atomic mass is 9.96. The molecule has 1 saturated carbocycles. The summed E-state index contributed by atoms with van der Waals surface area (Å²) in [6, 6.07) is 3.07. The molecule has 0 radical (unpaired) electrons. The van der Waals surface area contributed by atoms with Crippen molar-refractivity contribution in [2.24, 2.45) is 0 Å². The minimum absolute atomic E-state index is 0.188. The second-order valence-corrected chi connectivity index (χ2v) is 4.19. The standard InChI is InChI=1S/C11H9F3N2/c12-11(13,14)10(2-3-10)8-1-5-16-6-4-15-9(16)7-8/h1,4-7H,2-3H2. The Morgan fingerprint density at radius 3 is 2.62 bits per heavy atom. The van der Waals surface area contributed by atoms with Crippen molar-refractivity contribution < 1.29 is 13.2 Å². The largest absolute Gasteiger partial charge is 0.398 e. The van der Waals surface area contributed by atoms with E-state index in [0.29, 0.717) is 11.2 Å². The van der Waals surface area contributed by atoms with E-state index in [-0.39, 0.29) is 12.8 Å². The van der Waals surface area contributed by atoms with Gasteiger partial charge in [-0.3, -0.25) is 0 Å². The molecule has 0 amide bonds. The Balaban J connectivity index is 2.12. The molecule has 84 valence electrons. The number of hydrogen-bond acceptors (Lipinski definition) is 1. The molecule has 0 saturated heterocycles. The number of hydrogen-bond donors (Lipinski definition) is 0. The van der Waals surface area contributed by atoms with Gasteiger partial charge in [0.05, 0.1) is 5.41 Å². The molecule has 1 aliphatic carbocycles. The molecule has 3 rings (SSSR count). The van der Waals surface area contributed by atoms with Crippen LogP contribution in [-0.2, 0) is 5.41 Å². The number of alkyl halides is 3. The van der Waals surface area contributed by atoms with Gasteiger partial charge in [-0.25, -0.2) is 4.98 Å². The smallest absolute Gasteiger partial charge is 0.307 e. The van der Waals surface area contributed by atoms with Gasteiger partial charge in [0, 0.05) is 18.6 Å². The molecule has 1 aliphatic rings. The van der Waals surface area contributed by atoms with Gasteiger partial charge in [0.15, 0.2) is 0 Å². The molecular weight excluding hydrogens is 217 g/mol. The highest BCUT2D eigenvalue weighted by Gasteiger charge is 2.64. The van der Waals surface area contributed by atoms with Crippen LogP contribution in [0.1, 0.15) is 18.4 Å². The van der Waals surface area contributed by atoms with Crippen LogP contribution in [0, 0.1) is 0 Å². The molecule has 0 spiro atoms. The summed E-state index contributed by atoms with van der Waals surface area (Å²) in [6.45, 7) is 0. The van der Waals surface area contributed by atoms with E-state index in [1.807, 2.05) is 0 Å². The van der Waals surface area contributed by atoms with Gasteiger partial charge in [0.1, 0.15) is 5.65 Å². The maximum absolute atomic E-state index is 12.9. The normalized spacial score (nSPS) is 18.9. The van der Waals surface area contributed by atoms with Gasteiger partial charge in [0.25, 0.3) is 0 Å². The minimum atomic E-state index is -4.15. The van der Waals surface area contributed by atoms with E-state index in [0.717, 1.165) is 0 Å². The van der Waals surface area contributed by atoms with Crippen molar-refractivity contribution in [1.82, 2.24) is 9.38 Å². The molecule has 2 nitrogen and oxygen atoms in total. The summed E-state index contributed by atoms with van der Waals surface area (Å²) in [5.74, 6) is 0. The summed E-state index contributed by atoms with van der Waals surface area (Å²) in [6.07, 6.45) is 1.14. The molecule has 2 aromatic rings. The summed E-state index contributed by atoms with van der Waals surface area (Å²) in [7, 11) is 0. The molecule has 5 heteroatoms. The summed E-state index contributed by atoms with van der Waals surface area (Å²) < 4.78 is 40.3. The van der Waals surface area contributed by atoms with Crippen LogP contribution < -0.4 is 0 Å². The first-order valence-electron chi connectivity index (χ1n) is 5.03. The van der Waals surface area contributed by atoms with Crippen molar-refractivity contribution in [3.05, 3.63) is 36.3 Å². The zero-order valence-electron chi connectivity index (χ0n) is 8.33. The van der Waals surface area contributed by atoms with Crippen molar-refractivity contribution in [3.8, 4) is 0 Å². The first kappa shape index (κ1) is 9.69. The van der Waals surface area contributed by atoms with Crippen LogP contribution in [0.15, 0.2) is 30.7 Å². The summed E-state index contributed by atoms with van der Waals surface area (Å²) in [5.41, 5.74) is -0.715. The monoisotopic (exact) mass is 226 g/mol. The van der Waals surface area contributed by atoms with Gasteiger partial charge < -0.3 is 4.40 Å². The highest BCUT2D eigenvalue weighted by Crippen LogP contribution is 2.58. The third-order valence-electron chi connectivity index (χ3n) is 3.24. The van der Waals surface area contributed by atoms with Crippen molar-refractivity contribution in [3.63, 3.8) is 0 Å². The minimum Gasteiger partial charge on any atom is -0.307 e. The molecular formula is C11H9F3N2. The molecule has 16 heavy (non-hydrogen) atoms. The molecule has 2 heterocycles. The Kier molecular flexibility index (Phi) is 1.68. The maximum atomic E-state index is 12.9. The van der Waals surface area contributed by atoms with Gasteiger partial charge in [-0.05, 0) is 30.5 Å². The third-order valence-corrected chi connectivity index (χ3v) is 3.24. The fourth-order valence-corrected chi connectivity index (χ4v) is 2.07. The number of aromatic nitrogens is 2. The van der Waals surface area contributed by atoms with E-state index in [1.165, 1.54) is 12.1 Å². The topological polar surface area (TPSA) is 17.3 Å². The lowest BCUT2D eigenvalue weighted by Gasteiger charge is -2.19. The number of pyridine rings is 1. The fraction of sp³-hybridized carbons (Fsp3) is 0.364. The van der Waals surface area contributed by atoms with Crippen molar-refractivity contribution in [2.45, 2.75) is 24.4 Å². The summed E-state index contributed by atoms with van der Waals surface area (Å²) in [5, 5.41) is 0. The van der Waals surface area contributed by atoms with E-state index < -0.39 is 11.6 Å². The van der Waals surface area contributed by atoms with Crippen LogP contribution in [-0.4, -0.2) is 15.6 Å². The lowest BCUT2D eigenvalue weighted by molar-refractivity contribution is -0.160. The number of imidazole rings is 1. The highest BCUT2D eigenvalue weighted by atomic mass is 19.4. The van der Waals surface area contributed by atoms with Gasteiger partial charge in [-0.1, -0.05) is 0 Å². The Labute approximate surface area is 89.7 Å². The van der Waals surface area contributed by atoms with E-state index in [9.17, 15) is 13.2 Å². The van der Waals surface area contributed by atoms with Crippen LogP contribution >= 0.6 is 0 Å². The second kappa shape index (κ2) is 2.78. The quantitative estimate of drug-likeness (QED) is 0.730. The predicted molar refractivity (Wildman–Crippen MR) is 52.2 cm³/mol. The Morgan fingerprint density at radius 1 is 1.25 bits per heavy atom. The summed E-state index contributed by atoms with van der Waals surface area (Å²) >= 11 is 0. The maximum Gasteiger partial charge on any atom is 0.398 e. The van der Waals surface area contributed by atoms with E-state index >= 15 is 0 Å². The lowest BCUT2D eigenvalue weighted by Crippen LogP contribution is -2.28. The molecule has 1 fully saturated rings. The van der Waals surface area contributed by atoms with Crippen molar-refractivity contribution in [1.29, 1.82) is 0 Å². The van der Waals surface area contributed by atoms with Crippen LogP contribution in [0.25, 0.3) is 5.65 Å². The average Bonchev–Trinajstić information content (AvgIpc) is 2.91. The van der Waals surface area contributed by atoms with Crippen molar-refractivity contribution >= 4 is 5.65 Å². The van der Waals surface area contributed by atoms with Gasteiger partial charge in [-0.15, -0.1) is 0 Å².